The second-order valence-corrected chi connectivity index (χ2v) is 3.65. The van der Waals surface area contributed by atoms with Crippen molar-refractivity contribution in [2.75, 3.05) is 0 Å². The van der Waals surface area contributed by atoms with Crippen molar-refractivity contribution in [3.05, 3.63) is 12.2 Å². The predicted molar refractivity (Wildman–Crippen MR) is 50.6 cm³/mol. The average molecular weight is 152 g/mol. The molecule has 1 aliphatic rings. The third kappa shape index (κ3) is 3.60. The van der Waals surface area contributed by atoms with Gasteiger partial charge in [-0.3, -0.25) is 0 Å². The predicted octanol–water partition coefficient (Wildman–Crippen LogP) is 3.92. The molecule has 0 radical (unpaired) electrons. The van der Waals surface area contributed by atoms with E-state index < -0.39 is 0 Å². The fraction of sp³-hybridized carbons (Fsp3) is 0.818. The summed E-state index contributed by atoms with van der Waals surface area (Å²) in [6.07, 6.45) is 14.6. The van der Waals surface area contributed by atoms with Gasteiger partial charge in [-0.25, -0.2) is 0 Å². The quantitative estimate of drug-likeness (QED) is 0.535. The van der Waals surface area contributed by atoms with Gasteiger partial charge in [0.15, 0.2) is 0 Å². The number of allylic oxidation sites excluding steroid dienone is 2. The number of hydrogen-bond acceptors (Lipinski definition) is 0. The molecule has 0 N–H and O–H groups in total. The Morgan fingerprint density at radius 1 is 1.18 bits per heavy atom. The SMILES string of the molecule is CCC/C=C/CC1CCCC1. The van der Waals surface area contributed by atoms with Crippen molar-refractivity contribution < 1.29 is 0 Å². The van der Waals surface area contributed by atoms with Crippen LogP contribution in [0.4, 0.5) is 0 Å². The summed E-state index contributed by atoms with van der Waals surface area (Å²) in [7, 11) is 0. The summed E-state index contributed by atoms with van der Waals surface area (Å²) in [5.41, 5.74) is 0. The monoisotopic (exact) mass is 152 g/mol. The van der Waals surface area contributed by atoms with Crippen LogP contribution >= 0.6 is 0 Å². The van der Waals surface area contributed by atoms with Crippen LogP contribution in [0.3, 0.4) is 0 Å². The molecule has 0 unspecified atom stereocenters. The van der Waals surface area contributed by atoms with Crippen LogP contribution in [0.5, 0.6) is 0 Å². The third-order valence-electron chi connectivity index (χ3n) is 2.57. The minimum Gasteiger partial charge on any atom is -0.0885 e. The van der Waals surface area contributed by atoms with Gasteiger partial charge >= 0.3 is 0 Å². The largest absolute Gasteiger partial charge is 0.0885 e. The lowest BCUT2D eigenvalue weighted by atomic mass is 10.0. The summed E-state index contributed by atoms with van der Waals surface area (Å²) in [5, 5.41) is 0. The lowest BCUT2D eigenvalue weighted by Gasteiger charge is -2.02. The van der Waals surface area contributed by atoms with Crippen LogP contribution in [-0.4, -0.2) is 0 Å². The summed E-state index contributed by atoms with van der Waals surface area (Å²) in [4.78, 5) is 0. The smallest absolute Gasteiger partial charge is 0.0322 e. The molecule has 1 aliphatic carbocycles. The van der Waals surface area contributed by atoms with Gasteiger partial charge in [0.1, 0.15) is 0 Å². The van der Waals surface area contributed by atoms with E-state index in [1.165, 1.54) is 44.9 Å². The van der Waals surface area contributed by atoms with E-state index in [1.54, 1.807) is 0 Å². The molecule has 0 aromatic carbocycles. The van der Waals surface area contributed by atoms with Crippen molar-refractivity contribution in [3.8, 4) is 0 Å². The molecule has 0 atom stereocenters. The Labute approximate surface area is 70.7 Å². The minimum atomic E-state index is 1.03. The molecule has 0 aliphatic heterocycles. The molecule has 1 saturated carbocycles. The van der Waals surface area contributed by atoms with Crippen molar-refractivity contribution in [1.29, 1.82) is 0 Å². The molecule has 1 rings (SSSR count). The van der Waals surface area contributed by atoms with E-state index in [2.05, 4.69) is 19.1 Å². The Bertz CT molecular complexity index is 107. The van der Waals surface area contributed by atoms with Crippen molar-refractivity contribution in [1.82, 2.24) is 0 Å². The van der Waals surface area contributed by atoms with Gasteiger partial charge in [0, 0.05) is 0 Å². The molecule has 0 saturated heterocycles. The minimum absolute atomic E-state index is 1.03. The molecule has 1 fully saturated rings. The molecule has 0 bridgehead atoms. The Kier molecular flexibility index (Phi) is 4.33. The summed E-state index contributed by atoms with van der Waals surface area (Å²) < 4.78 is 0. The van der Waals surface area contributed by atoms with Crippen LogP contribution in [0.1, 0.15) is 51.9 Å². The summed E-state index contributed by atoms with van der Waals surface area (Å²) >= 11 is 0. The molecule has 0 aromatic rings. The first-order chi connectivity index (χ1) is 5.43. The maximum absolute atomic E-state index is 2.39. The first-order valence-corrected chi connectivity index (χ1v) is 5.08. The van der Waals surface area contributed by atoms with Gasteiger partial charge in [0.2, 0.25) is 0 Å². The van der Waals surface area contributed by atoms with Gasteiger partial charge in [0.25, 0.3) is 0 Å². The number of rotatable bonds is 4. The lowest BCUT2D eigenvalue weighted by molar-refractivity contribution is 0.557. The highest BCUT2D eigenvalue weighted by atomic mass is 14.2. The van der Waals surface area contributed by atoms with Crippen LogP contribution in [0.15, 0.2) is 12.2 Å². The van der Waals surface area contributed by atoms with E-state index in [0.717, 1.165) is 5.92 Å². The highest BCUT2D eigenvalue weighted by Gasteiger charge is 2.12. The van der Waals surface area contributed by atoms with Crippen LogP contribution in [0, 0.1) is 5.92 Å². The van der Waals surface area contributed by atoms with Gasteiger partial charge in [-0.15, -0.1) is 0 Å². The van der Waals surface area contributed by atoms with Crippen LogP contribution in [0.25, 0.3) is 0 Å². The maximum Gasteiger partial charge on any atom is -0.0322 e. The van der Waals surface area contributed by atoms with Gasteiger partial charge in [0.05, 0.1) is 0 Å². The van der Waals surface area contributed by atoms with Crippen LogP contribution in [-0.2, 0) is 0 Å². The Morgan fingerprint density at radius 2 is 1.91 bits per heavy atom. The average Bonchev–Trinajstić information content (AvgIpc) is 2.50. The highest BCUT2D eigenvalue weighted by molar-refractivity contribution is 4.85. The third-order valence-corrected chi connectivity index (χ3v) is 2.57. The second-order valence-electron chi connectivity index (χ2n) is 3.65. The zero-order valence-corrected chi connectivity index (χ0v) is 7.68. The Balaban J connectivity index is 2.01. The summed E-state index contributed by atoms with van der Waals surface area (Å²) in [5.74, 6) is 1.03. The summed E-state index contributed by atoms with van der Waals surface area (Å²) in [6, 6.07) is 0. The zero-order valence-electron chi connectivity index (χ0n) is 7.68. The fourth-order valence-electron chi connectivity index (χ4n) is 1.82. The molecular formula is C11H20. The van der Waals surface area contributed by atoms with E-state index in [9.17, 15) is 0 Å². The van der Waals surface area contributed by atoms with E-state index in [0.29, 0.717) is 0 Å². The van der Waals surface area contributed by atoms with Crippen molar-refractivity contribution in [2.45, 2.75) is 51.9 Å². The van der Waals surface area contributed by atoms with Crippen molar-refractivity contribution in [3.63, 3.8) is 0 Å². The fourth-order valence-corrected chi connectivity index (χ4v) is 1.82. The van der Waals surface area contributed by atoms with E-state index >= 15 is 0 Å². The van der Waals surface area contributed by atoms with E-state index in [1.807, 2.05) is 0 Å². The van der Waals surface area contributed by atoms with Gasteiger partial charge in [-0.2, -0.15) is 0 Å². The molecule has 0 heterocycles. The Morgan fingerprint density at radius 3 is 2.55 bits per heavy atom. The molecular weight excluding hydrogens is 132 g/mol. The van der Waals surface area contributed by atoms with Crippen molar-refractivity contribution >= 4 is 0 Å². The van der Waals surface area contributed by atoms with Crippen LogP contribution in [0.2, 0.25) is 0 Å². The standard InChI is InChI=1S/C11H20/c1-2-3-4-5-8-11-9-6-7-10-11/h4-5,11H,2-3,6-10H2,1H3/b5-4+. The number of unbranched alkanes of at least 4 members (excludes halogenated alkanes) is 1. The summed E-state index contributed by atoms with van der Waals surface area (Å²) in [6.45, 7) is 2.24. The lowest BCUT2D eigenvalue weighted by Crippen LogP contribution is -1.88. The molecule has 0 nitrogen and oxygen atoms in total. The van der Waals surface area contributed by atoms with Gasteiger partial charge in [-0.05, 0) is 18.8 Å². The molecule has 0 aromatic heterocycles. The van der Waals surface area contributed by atoms with Gasteiger partial charge in [-0.1, -0.05) is 51.2 Å². The first kappa shape index (κ1) is 8.83. The molecule has 0 spiro atoms. The van der Waals surface area contributed by atoms with Crippen molar-refractivity contribution in [2.24, 2.45) is 5.92 Å². The number of hydrogen-bond donors (Lipinski definition) is 0. The Hall–Kier alpha value is -0.260. The van der Waals surface area contributed by atoms with Gasteiger partial charge < -0.3 is 0 Å². The molecule has 64 valence electrons. The maximum atomic E-state index is 2.39. The highest BCUT2D eigenvalue weighted by Crippen LogP contribution is 2.27. The molecule has 0 amide bonds. The first-order valence-electron chi connectivity index (χ1n) is 5.08. The molecule has 11 heavy (non-hydrogen) atoms. The second kappa shape index (κ2) is 5.40. The molecule has 0 heteroatoms. The normalized spacial score (nSPS) is 20.1. The van der Waals surface area contributed by atoms with E-state index in [4.69, 9.17) is 0 Å². The zero-order chi connectivity index (χ0) is 7.94. The topological polar surface area (TPSA) is 0 Å². The van der Waals surface area contributed by atoms with E-state index in [-0.39, 0.29) is 0 Å². The van der Waals surface area contributed by atoms with Crippen LogP contribution < -0.4 is 0 Å².